The Kier molecular flexibility index (Phi) is 3.27. The van der Waals surface area contributed by atoms with Crippen molar-refractivity contribution in [3.63, 3.8) is 0 Å². The van der Waals surface area contributed by atoms with Crippen LogP contribution in [0.15, 0.2) is 0 Å². The van der Waals surface area contributed by atoms with Gasteiger partial charge in [0.05, 0.1) is 29.3 Å². The molecule has 1 fully saturated rings. The van der Waals surface area contributed by atoms with E-state index in [4.69, 9.17) is 5.73 Å². The molecular formula is C11H18N4O3. The number of amides is 1. The number of β-amino-alcohol motifs (C(OH)–C–C–N with tert-alkyl or cyclic N) is 2. The summed E-state index contributed by atoms with van der Waals surface area (Å²) in [5.74, 6) is -0.184. The van der Waals surface area contributed by atoms with E-state index in [0.29, 0.717) is 11.4 Å². The van der Waals surface area contributed by atoms with Crippen LogP contribution < -0.4 is 5.73 Å². The van der Waals surface area contributed by atoms with E-state index >= 15 is 0 Å². The number of hydrogen-bond acceptors (Lipinski definition) is 5. The molecule has 18 heavy (non-hydrogen) atoms. The van der Waals surface area contributed by atoms with Gasteiger partial charge >= 0.3 is 0 Å². The Morgan fingerprint density at radius 3 is 2.39 bits per heavy atom. The SMILES string of the molecule is Cc1nn(CC(=O)N2C[C@@H](O)[C@@H](O)C2)c(C)c1N. The van der Waals surface area contributed by atoms with Crippen LogP contribution in [0.1, 0.15) is 11.4 Å². The van der Waals surface area contributed by atoms with Gasteiger partial charge in [0.1, 0.15) is 6.54 Å². The zero-order valence-corrected chi connectivity index (χ0v) is 10.5. The number of rotatable bonds is 2. The van der Waals surface area contributed by atoms with E-state index in [-0.39, 0.29) is 25.5 Å². The van der Waals surface area contributed by atoms with E-state index in [1.54, 1.807) is 18.5 Å². The van der Waals surface area contributed by atoms with Crippen molar-refractivity contribution in [1.82, 2.24) is 14.7 Å². The summed E-state index contributed by atoms with van der Waals surface area (Å²) in [4.78, 5) is 13.4. The highest BCUT2D eigenvalue weighted by atomic mass is 16.3. The zero-order valence-electron chi connectivity index (χ0n) is 10.5. The lowest BCUT2D eigenvalue weighted by Gasteiger charge is -2.15. The Balaban J connectivity index is 2.06. The van der Waals surface area contributed by atoms with Crippen LogP contribution in [0.5, 0.6) is 0 Å². The lowest BCUT2D eigenvalue weighted by atomic mass is 10.3. The van der Waals surface area contributed by atoms with Gasteiger partial charge in [0.15, 0.2) is 0 Å². The van der Waals surface area contributed by atoms with E-state index in [1.165, 1.54) is 4.90 Å². The van der Waals surface area contributed by atoms with E-state index in [0.717, 1.165) is 5.69 Å². The minimum absolute atomic E-state index is 0.0727. The first-order chi connectivity index (χ1) is 8.40. The van der Waals surface area contributed by atoms with Gasteiger partial charge in [0.25, 0.3) is 0 Å². The molecule has 1 amide bonds. The number of aliphatic hydroxyl groups is 2. The van der Waals surface area contributed by atoms with Gasteiger partial charge in [-0.3, -0.25) is 9.48 Å². The van der Waals surface area contributed by atoms with E-state index in [9.17, 15) is 15.0 Å². The third-order valence-corrected chi connectivity index (χ3v) is 3.33. The monoisotopic (exact) mass is 254 g/mol. The smallest absolute Gasteiger partial charge is 0.244 e. The van der Waals surface area contributed by atoms with Crippen molar-refractivity contribution in [2.24, 2.45) is 0 Å². The summed E-state index contributed by atoms with van der Waals surface area (Å²) in [6, 6.07) is 0. The van der Waals surface area contributed by atoms with Crippen molar-refractivity contribution in [3.05, 3.63) is 11.4 Å². The minimum atomic E-state index is -0.862. The molecule has 1 aliphatic rings. The summed E-state index contributed by atoms with van der Waals surface area (Å²) in [5.41, 5.74) is 7.82. The third kappa shape index (κ3) is 2.19. The molecule has 0 aromatic carbocycles. The molecule has 2 rings (SSSR count). The largest absolute Gasteiger partial charge is 0.396 e. The normalized spacial score (nSPS) is 23.7. The number of aliphatic hydroxyl groups excluding tert-OH is 2. The molecule has 1 aromatic heterocycles. The highest BCUT2D eigenvalue weighted by Gasteiger charge is 2.32. The lowest BCUT2D eigenvalue weighted by Crippen LogP contribution is -2.33. The van der Waals surface area contributed by atoms with Crippen LogP contribution in [-0.2, 0) is 11.3 Å². The predicted octanol–water partition coefficient (Wildman–Crippen LogP) is -1.35. The Hall–Kier alpha value is -1.60. The molecule has 2 heterocycles. The summed E-state index contributed by atoms with van der Waals surface area (Å²) in [6.45, 7) is 3.98. The molecular weight excluding hydrogens is 236 g/mol. The van der Waals surface area contributed by atoms with Gasteiger partial charge in [-0.25, -0.2) is 0 Å². The number of nitrogens with two attached hydrogens (primary N) is 1. The lowest BCUT2D eigenvalue weighted by molar-refractivity contribution is -0.131. The second-order valence-electron chi connectivity index (χ2n) is 4.68. The third-order valence-electron chi connectivity index (χ3n) is 3.33. The van der Waals surface area contributed by atoms with E-state index in [2.05, 4.69) is 5.10 Å². The molecule has 0 saturated carbocycles. The minimum Gasteiger partial charge on any atom is -0.396 e. The van der Waals surface area contributed by atoms with Crippen molar-refractivity contribution in [1.29, 1.82) is 0 Å². The van der Waals surface area contributed by atoms with Crippen molar-refractivity contribution in [2.75, 3.05) is 18.8 Å². The van der Waals surface area contributed by atoms with Gasteiger partial charge in [0, 0.05) is 13.1 Å². The van der Waals surface area contributed by atoms with E-state index in [1.807, 2.05) is 0 Å². The summed E-state index contributed by atoms with van der Waals surface area (Å²) < 4.78 is 1.55. The van der Waals surface area contributed by atoms with Crippen LogP contribution in [0.2, 0.25) is 0 Å². The molecule has 100 valence electrons. The van der Waals surface area contributed by atoms with Crippen LogP contribution in [-0.4, -0.2) is 56.1 Å². The maximum Gasteiger partial charge on any atom is 0.244 e. The van der Waals surface area contributed by atoms with Crippen molar-refractivity contribution in [3.8, 4) is 0 Å². The predicted molar refractivity (Wildman–Crippen MR) is 64.7 cm³/mol. The van der Waals surface area contributed by atoms with Crippen LogP contribution in [0.4, 0.5) is 5.69 Å². The fourth-order valence-corrected chi connectivity index (χ4v) is 2.07. The van der Waals surface area contributed by atoms with Gasteiger partial charge in [-0.05, 0) is 13.8 Å². The highest BCUT2D eigenvalue weighted by Crippen LogP contribution is 2.16. The van der Waals surface area contributed by atoms with Gasteiger partial charge in [0.2, 0.25) is 5.91 Å². The second-order valence-corrected chi connectivity index (χ2v) is 4.68. The molecule has 7 nitrogen and oxygen atoms in total. The van der Waals surface area contributed by atoms with Gasteiger partial charge in [-0.1, -0.05) is 0 Å². The standard InChI is InChI=1S/C11H18N4O3/c1-6-11(12)7(2)15(13-6)5-10(18)14-3-8(16)9(17)4-14/h8-9,16-17H,3-5,12H2,1-2H3/t8-,9+. The summed E-state index contributed by atoms with van der Waals surface area (Å²) in [5, 5.41) is 23.0. The second kappa shape index (κ2) is 4.58. The number of aromatic nitrogens is 2. The van der Waals surface area contributed by atoms with Crippen molar-refractivity contribution in [2.45, 2.75) is 32.6 Å². The molecule has 0 aliphatic carbocycles. The van der Waals surface area contributed by atoms with Crippen LogP contribution in [0.25, 0.3) is 0 Å². The number of likely N-dealkylation sites (tertiary alicyclic amines) is 1. The maximum atomic E-state index is 12.0. The highest BCUT2D eigenvalue weighted by molar-refractivity contribution is 5.76. The molecule has 4 N–H and O–H groups in total. The van der Waals surface area contributed by atoms with Crippen molar-refractivity contribution < 1.29 is 15.0 Å². The van der Waals surface area contributed by atoms with Gasteiger partial charge in [-0.2, -0.15) is 5.10 Å². The molecule has 0 bridgehead atoms. The summed E-state index contributed by atoms with van der Waals surface area (Å²) >= 11 is 0. The van der Waals surface area contributed by atoms with Crippen LogP contribution in [0.3, 0.4) is 0 Å². The number of carbonyl (C=O) groups is 1. The first-order valence-corrected chi connectivity index (χ1v) is 5.83. The molecule has 1 saturated heterocycles. The summed E-state index contributed by atoms with van der Waals surface area (Å²) in [7, 11) is 0. The fourth-order valence-electron chi connectivity index (χ4n) is 2.07. The number of nitrogens with zero attached hydrogens (tertiary/aromatic N) is 3. The first-order valence-electron chi connectivity index (χ1n) is 5.83. The molecule has 2 atom stereocenters. The Morgan fingerprint density at radius 1 is 1.39 bits per heavy atom. The number of carbonyl (C=O) groups excluding carboxylic acids is 1. The van der Waals surface area contributed by atoms with E-state index < -0.39 is 12.2 Å². The number of hydrogen-bond donors (Lipinski definition) is 3. The maximum absolute atomic E-state index is 12.0. The number of nitrogen functional groups attached to an aromatic ring is 1. The van der Waals surface area contributed by atoms with Crippen LogP contribution in [0, 0.1) is 13.8 Å². The number of anilines is 1. The van der Waals surface area contributed by atoms with Crippen molar-refractivity contribution >= 4 is 11.6 Å². The molecule has 1 aromatic rings. The molecule has 7 heteroatoms. The summed E-state index contributed by atoms with van der Waals surface area (Å²) in [6.07, 6.45) is -1.72. The molecule has 1 aliphatic heterocycles. The number of aryl methyl sites for hydroxylation is 1. The molecule has 0 spiro atoms. The Morgan fingerprint density at radius 2 is 1.94 bits per heavy atom. The average Bonchev–Trinajstić information content (AvgIpc) is 2.76. The first kappa shape index (κ1) is 12.8. The average molecular weight is 254 g/mol. The Labute approximate surface area is 105 Å². The molecule has 0 unspecified atom stereocenters. The van der Waals surface area contributed by atoms with Gasteiger partial charge in [-0.15, -0.1) is 0 Å². The quantitative estimate of drug-likeness (QED) is 0.605. The van der Waals surface area contributed by atoms with Crippen LogP contribution >= 0.6 is 0 Å². The Bertz CT molecular complexity index is 461. The zero-order chi connectivity index (χ0) is 13.4. The topological polar surface area (TPSA) is 105 Å². The fraction of sp³-hybridized carbons (Fsp3) is 0.636. The molecule has 0 radical (unpaired) electrons. The van der Waals surface area contributed by atoms with Gasteiger partial charge < -0.3 is 20.8 Å².